The predicted molar refractivity (Wildman–Crippen MR) is 46.3 cm³/mol. The minimum Gasteiger partial charge on any atom is -0.396 e. The van der Waals surface area contributed by atoms with E-state index in [1.54, 1.807) is 0 Å². The van der Waals surface area contributed by atoms with E-state index >= 15 is 0 Å². The Morgan fingerprint density at radius 2 is 1.82 bits per heavy atom. The van der Waals surface area contributed by atoms with Gasteiger partial charge in [-0.25, -0.2) is 0 Å². The first kappa shape index (κ1) is 10.9. The molecular formula is C9H20O2. The van der Waals surface area contributed by atoms with Crippen LogP contribution in [-0.4, -0.2) is 22.9 Å². The standard InChI is InChI=1S/C9H20O2/c1-4-9(11)8(3)5-7(2)6-10/h7-11H,4-6H2,1-3H3/t7-,8+,9-/m1/s1. The van der Waals surface area contributed by atoms with Crippen molar-refractivity contribution in [1.82, 2.24) is 0 Å². The summed E-state index contributed by atoms with van der Waals surface area (Å²) >= 11 is 0. The quantitative estimate of drug-likeness (QED) is 0.638. The molecule has 0 aliphatic carbocycles. The fourth-order valence-electron chi connectivity index (χ4n) is 1.27. The lowest BCUT2D eigenvalue weighted by Crippen LogP contribution is -2.19. The number of hydrogen-bond donors (Lipinski definition) is 2. The Balaban J connectivity index is 3.58. The monoisotopic (exact) mass is 160 g/mol. The van der Waals surface area contributed by atoms with E-state index in [2.05, 4.69) is 0 Å². The van der Waals surface area contributed by atoms with Crippen molar-refractivity contribution in [3.63, 3.8) is 0 Å². The molecular weight excluding hydrogens is 140 g/mol. The van der Waals surface area contributed by atoms with Gasteiger partial charge in [0.1, 0.15) is 0 Å². The zero-order valence-corrected chi connectivity index (χ0v) is 7.75. The van der Waals surface area contributed by atoms with Gasteiger partial charge in [0, 0.05) is 6.61 Å². The summed E-state index contributed by atoms with van der Waals surface area (Å²) in [7, 11) is 0. The van der Waals surface area contributed by atoms with E-state index in [0.717, 1.165) is 12.8 Å². The van der Waals surface area contributed by atoms with Crippen molar-refractivity contribution in [3.8, 4) is 0 Å². The van der Waals surface area contributed by atoms with E-state index < -0.39 is 0 Å². The molecule has 3 atom stereocenters. The van der Waals surface area contributed by atoms with Crippen LogP contribution in [0.5, 0.6) is 0 Å². The normalized spacial score (nSPS) is 19.4. The molecule has 0 aliphatic heterocycles. The second-order valence-corrected chi connectivity index (χ2v) is 3.48. The molecule has 2 N–H and O–H groups in total. The molecule has 0 saturated heterocycles. The highest BCUT2D eigenvalue weighted by atomic mass is 16.3. The van der Waals surface area contributed by atoms with Crippen LogP contribution in [-0.2, 0) is 0 Å². The van der Waals surface area contributed by atoms with Crippen molar-refractivity contribution in [3.05, 3.63) is 0 Å². The van der Waals surface area contributed by atoms with Crippen LogP contribution in [0.2, 0.25) is 0 Å². The lowest BCUT2D eigenvalue weighted by Gasteiger charge is -2.19. The first-order valence-corrected chi connectivity index (χ1v) is 4.40. The molecule has 0 bridgehead atoms. The lowest BCUT2D eigenvalue weighted by atomic mass is 9.92. The molecule has 0 fully saturated rings. The molecule has 0 spiro atoms. The van der Waals surface area contributed by atoms with E-state index in [9.17, 15) is 5.11 Å². The zero-order valence-electron chi connectivity index (χ0n) is 7.75. The second-order valence-electron chi connectivity index (χ2n) is 3.48. The number of aliphatic hydroxyl groups is 2. The second kappa shape index (κ2) is 5.56. The van der Waals surface area contributed by atoms with Gasteiger partial charge in [-0.3, -0.25) is 0 Å². The number of aliphatic hydroxyl groups excluding tert-OH is 2. The topological polar surface area (TPSA) is 40.5 Å². The van der Waals surface area contributed by atoms with Gasteiger partial charge < -0.3 is 10.2 Å². The van der Waals surface area contributed by atoms with E-state index in [4.69, 9.17) is 5.11 Å². The van der Waals surface area contributed by atoms with E-state index in [1.165, 1.54) is 0 Å². The molecule has 68 valence electrons. The Kier molecular flexibility index (Phi) is 5.51. The van der Waals surface area contributed by atoms with Crippen molar-refractivity contribution < 1.29 is 10.2 Å². The largest absolute Gasteiger partial charge is 0.396 e. The van der Waals surface area contributed by atoms with Gasteiger partial charge in [-0.15, -0.1) is 0 Å². The average molecular weight is 160 g/mol. The van der Waals surface area contributed by atoms with Gasteiger partial charge in [-0.05, 0) is 24.7 Å². The minimum atomic E-state index is -0.205. The van der Waals surface area contributed by atoms with Crippen LogP contribution in [0, 0.1) is 11.8 Å². The van der Waals surface area contributed by atoms with Gasteiger partial charge in [-0.1, -0.05) is 20.8 Å². The van der Waals surface area contributed by atoms with Gasteiger partial charge in [0.15, 0.2) is 0 Å². The summed E-state index contributed by atoms with van der Waals surface area (Å²) in [5.74, 6) is 0.619. The summed E-state index contributed by atoms with van der Waals surface area (Å²) in [6.07, 6.45) is 1.51. The van der Waals surface area contributed by atoms with Crippen molar-refractivity contribution in [2.45, 2.75) is 39.7 Å². The van der Waals surface area contributed by atoms with Crippen LogP contribution in [0.4, 0.5) is 0 Å². The summed E-state index contributed by atoms with van der Waals surface area (Å²) in [5, 5.41) is 18.1. The molecule has 0 rings (SSSR count). The Bertz CT molecular complexity index is 93.6. The molecule has 0 radical (unpaired) electrons. The van der Waals surface area contributed by atoms with E-state index in [0.29, 0.717) is 11.8 Å². The summed E-state index contributed by atoms with van der Waals surface area (Å²) in [6, 6.07) is 0. The molecule has 0 heterocycles. The van der Waals surface area contributed by atoms with Gasteiger partial charge >= 0.3 is 0 Å². The van der Waals surface area contributed by atoms with Crippen molar-refractivity contribution >= 4 is 0 Å². The van der Waals surface area contributed by atoms with E-state index in [1.807, 2.05) is 20.8 Å². The Hall–Kier alpha value is -0.0800. The SMILES string of the molecule is CC[C@@H](O)[C@@H](C)C[C@@H](C)CO. The molecule has 2 heteroatoms. The third-order valence-corrected chi connectivity index (χ3v) is 2.16. The van der Waals surface area contributed by atoms with Crippen LogP contribution in [0.15, 0.2) is 0 Å². The maximum atomic E-state index is 9.39. The first-order chi connectivity index (χ1) is 5.11. The zero-order chi connectivity index (χ0) is 8.85. The smallest absolute Gasteiger partial charge is 0.0563 e. The Morgan fingerprint density at radius 3 is 2.18 bits per heavy atom. The van der Waals surface area contributed by atoms with E-state index in [-0.39, 0.29) is 12.7 Å². The third kappa shape index (κ3) is 4.38. The van der Waals surface area contributed by atoms with Crippen LogP contribution in [0.3, 0.4) is 0 Å². The van der Waals surface area contributed by atoms with Gasteiger partial charge in [0.05, 0.1) is 6.10 Å². The van der Waals surface area contributed by atoms with Gasteiger partial charge in [-0.2, -0.15) is 0 Å². The van der Waals surface area contributed by atoms with Crippen LogP contribution in [0.1, 0.15) is 33.6 Å². The minimum absolute atomic E-state index is 0.205. The fourth-order valence-corrected chi connectivity index (χ4v) is 1.27. The molecule has 2 nitrogen and oxygen atoms in total. The summed E-state index contributed by atoms with van der Waals surface area (Å²) in [4.78, 5) is 0. The maximum absolute atomic E-state index is 9.39. The Morgan fingerprint density at radius 1 is 1.27 bits per heavy atom. The highest BCUT2D eigenvalue weighted by molar-refractivity contribution is 4.65. The fraction of sp³-hybridized carbons (Fsp3) is 1.00. The van der Waals surface area contributed by atoms with Crippen LogP contribution < -0.4 is 0 Å². The van der Waals surface area contributed by atoms with Gasteiger partial charge in [0.25, 0.3) is 0 Å². The molecule has 0 unspecified atom stereocenters. The number of rotatable bonds is 5. The molecule has 0 saturated carbocycles. The highest BCUT2D eigenvalue weighted by Gasteiger charge is 2.14. The van der Waals surface area contributed by atoms with Crippen molar-refractivity contribution in [1.29, 1.82) is 0 Å². The lowest BCUT2D eigenvalue weighted by molar-refractivity contribution is 0.0907. The third-order valence-electron chi connectivity index (χ3n) is 2.16. The molecule has 0 aromatic rings. The highest BCUT2D eigenvalue weighted by Crippen LogP contribution is 2.16. The summed E-state index contributed by atoms with van der Waals surface area (Å²) in [5.41, 5.74) is 0. The molecule has 0 aliphatic rings. The first-order valence-electron chi connectivity index (χ1n) is 4.40. The predicted octanol–water partition coefficient (Wildman–Crippen LogP) is 1.41. The average Bonchev–Trinajstić information content (AvgIpc) is 2.02. The number of hydrogen-bond acceptors (Lipinski definition) is 2. The maximum Gasteiger partial charge on any atom is 0.0563 e. The van der Waals surface area contributed by atoms with Crippen molar-refractivity contribution in [2.24, 2.45) is 11.8 Å². The summed E-state index contributed by atoms with van der Waals surface area (Å²) in [6.45, 7) is 6.23. The molecule has 11 heavy (non-hydrogen) atoms. The molecule has 0 aromatic heterocycles. The Labute approximate surface area is 69.2 Å². The van der Waals surface area contributed by atoms with Crippen LogP contribution in [0.25, 0.3) is 0 Å². The molecule has 0 amide bonds. The van der Waals surface area contributed by atoms with Crippen molar-refractivity contribution in [2.75, 3.05) is 6.61 Å². The van der Waals surface area contributed by atoms with Gasteiger partial charge in [0.2, 0.25) is 0 Å². The van der Waals surface area contributed by atoms with Crippen LogP contribution >= 0.6 is 0 Å². The summed E-state index contributed by atoms with van der Waals surface area (Å²) < 4.78 is 0. The molecule has 0 aromatic carbocycles.